The Balaban J connectivity index is 1.77. The molecule has 2 amide bonds. The summed E-state index contributed by atoms with van der Waals surface area (Å²) >= 11 is 1.38. The van der Waals surface area contributed by atoms with Gasteiger partial charge in [-0.2, -0.15) is 0 Å². The number of anilines is 1. The van der Waals surface area contributed by atoms with Crippen LogP contribution in [-0.4, -0.2) is 26.0 Å². The molecule has 0 unspecified atom stereocenters. The highest BCUT2D eigenvalue weighted by atomic mass is 32.2. The molecule has 32 heavy (non-hydrogen) atoms. The molecule has 1 aliphatic heterocycles. The standard InChI is InChI=1S/C26H23NO4S/c1-17-9-11-19(12-10-17)23-24(32-16-18-7-5-4-6-8-18)26(29)27(25(23)28)21-14-13-20(30-2)15-22(21)31-3/h4-15H,16H2,1-3H3. The Morgan fingerprint density at radius 3 is 2.22 bits per heavy atom. The van der Waals surface area contributed by atoms with Gasteiger partial charge in [0, 0.05) is 11.8 Å². The second kappa shape index (κ2) is 9.32. The quantitative estimate of drug-likeness (QED) is 0.466. The first-order valence-electron chi connectivity index (χ1n) is 10.1. The summed E-state index contributed by atoms with van der Waals surface area (Å²) in [6.07, 6.45) is 0. The monoisotopic (exact) mass is 445 g/mol. The molecule has 3 aromatic carbocycles. The summed E-state index contributed by atoms with van der Waals surface area (Å²) in [5, 5.41) is 0. The van der Waals surface area contributed by atoms with Crippen LogP contribution in [0.4, 0.5) is 5.69 Å². The second-order valence-corrected chi connectivity index (χ2v) is 8.31. The average Bonchev–Trinajstić information content (AvgIpc) is 3.07. The second-order valence-electron chi connectivity index (χ2n) is 7.33. The van der Waals surface area contributed by atoms with E-state index in [1.54, 1.807) is 25.3 Å². The summed E-state index contributed by atoms with van der Waals surface area (Å²) in [6.45, 7) is 1.99. The summed E-state index contributed by atoms with van der Waals surface area (Å²) < 4.78 is 10.7. The Morgan fingerprint density at radius 1 is 0.844 bits per heavy atom. The topological polar surface area (TPSA) is 55.8 Å². The summed E-state index contributed by atoms with van der Waals surface area (Å²) in [4.78, 5) is 28.8. The Hall–Kier alpha value is -3.51. The molecule has 0 fully saturated rings. The molecule has 0 atom stereocenters. The van der Waals surface area contributed by atoms with E-state index in [9.17, 15) is 9.59 Å². The molecule has 1 heterocycles. The summed E-state index contributed by atoms with van der Waals surface area (Å²) in [6, 6.07) is 22.6. The predicted molar refractivity (Wildman–Crippen MR) is 128 cm³/mol. The van der Waals surface area contributed by atoms with Gasteiger partial charge in [0.05, 0.1) is 30.4 Å². The van der Waals surface area contributed by atoms with E-state index in [0.29, 0.717) is 33.4 Å². The Bertz CT molecular complexity index is 1190. The maximum absolute atomic E-state index is 13.6. The molecule has 0 saturated heterocycles. The number of hydrogen-bond acceptors (Lipinski definition) is 5. The minimum absolute atomic E-state index is 0.352. The van der Waals surface area contributed by atoms with E-state index in [1.165, 1.54) is 23.8 Å². The third-order valence-electron chi connectivity index (χ3n) is 5.24. The van der Waals surface area contributed by atoms with Crippen molar-refractivity contribution >= 4 is 34.8 Å². The molecular weight excluding hydrogens is 422 g/mol. The molecule has 162 valence electrons. The zero-order chi connectivity index (χ0) is 22.7. The lowest BCUT2D eigenvalue weighted by Gasteiger charge is -2.19. The van der Waals surface area contributed by atoms with Gasteiger partial charge in [-0.15, -0.1) is 11.8 Å². The maximum Gasteiger partial charge on any atom is 0.272 e. The minimum atomic E-state index is -0.363. The fourth-order valence-electron chi connectivity index (χ4n) is 3.54. The molecule has 0 saturated carbocycles. The van der Waals surface area contributed by atoms with Crippen molar-refractivity contribution in [1.29, 1.82) is 0 Å². The number of amides is 2. The van der Waals surface area contributed by atoms with Gasteiger partial charge in [-0.1, -0.05) is 60.2 Å². The van der Waals surface area contributed by atoms with Gasteiger partial charge >= 0.3 is 0 Å². The van der Waals surface area contributed by atoms with Gasteiger partial charge in [0.1, 0.15) is 11.5 Å². The molecule has 0 bridgehead atoms. The van der Waals surface area contributed by atoms with Crippen molar-refractivity contribution in [2.45, 2.75) is 12.7 Å². The van der Waals surface area contributed by atoms with E-state index in [4.69, 9.17) is 9.47 Å². The largest absolute Gasteiger partial charge is 0.497 e. The Kier molecular flexibility index (Phi) is 6.32. The van der Waals surface area contributed by atoms with Crippen molar-refractivity contribution in [3.63, 3.8) is 0 Å². The van der Waals surface area contributed by atoms with Crippen molar-refractivity contribution in [3.8, 4) is 11.5 Å². The first-order valence-corrected chi connectivity index (χ1v) is 11.1. The lowest BCUT2D eigenvalue weighted by Crippen LogP contribution is -2.31. The van der Waals surface area contributed by atoms with Gasteiger partial charge in [-0.05, 0) is 30.2 Å². The molecule has 0 radical (unpaired) electrons. The number of carbonyl (C=O) groups is 2. The van der Waals surface area contributed by atoms with Gasteiger partial charge in [-0.3, -0.25) is 9.59 Å². The van der Waals surface area contributed by atoms with E-state index >= 15 is 0 Å². The van der Waals surface area contributed by atoms with E-state index in [1.807, 2.05) is 61.5 Å². The highest BCUT2D eigenvalue weighted by molar-refractivity contribution is 8.03. The van der Waals surface area contributed by atoms with Gasteiger partial charge in [0.15, 0.2) is 0 Å². The minimum Gasteiger partial charge on any atom is -0.497 e. The van der Waals surface area contributed by atoms with Crippen LogP contribution in [0.25, 0.3) is 5.57 Å². The molecule has 6 heteroatoms. The molecule has 0 aromatic heterocycles. The molecular formula is C26H23NO4S. The molecule has 3 aromatic rings. The highest BCUT2D eigenvalue weighted by Crippen LogP contribution is 2.43. The number of rotatable bonds is 7. The number of imide groups is 1. The van der Waals surface area contributed by atoms with Crippen LogP contribution in [0.1, 0.15) is 16.7 Å². The molecule has 1 aliphatic rings. The number of methoxy groups -OCH3 is 2. The summed E-state index contributed by atoms with van der Waals surface area (Å²) in [7, 11) is 3.05. The van der Waals surface area contributed by atoms with Crippen molar-refractivity contribution < 1.29 is 19.1 Å². The predicted octanol–water partition coefficient (Wildman–Crippen LogP) is 5.23. The van der Waals surface area contributed by atoms with Crippen LogP contribution in [0.3, 0.4) is 0 Å². The first-order chi connectivity index (χ1) is 15.5. The van der Waals surface area contributed by atoms with Crippen LogP contribution in [0.15, 0.2) is 77.7 Å². The van der Waals surface area contributed by atoms with Crippen molar-refractivity contribution in [2.24, 2.45) is 0 Å². The van der Waals surface area contributed by atoms with Gasteiger partial charge < -0.3 is 9.47 Å². The summed E-state index contributed by atoms with van der Waals surface area (Å²) in [5.74, 6) is 0.838. The summed E-state index contributed by atoms with van der Waals surface area (Å²) in [5.41, 5.74) is 3.68. The van der Waals surface area contributed by atoms with Crippen LogP contribution in [0.5, 0.6) is 11.5 Å². The Labute approximate surface area is 191 Å². The molecule has 4 rings (SSSR count). The van der Waals surface area contributed by atoms with E-state index in [2.05, 4.69) is 0 Å². The van der Waals surface area contributed by atoms with Crippen molar-refractivity contribution in [1.82, 2.24) is 0 Å². The van der Waals surface area contributed by atoms with E-state index < -0.39 is 0 Å². The van der Waals surface area contributed by atoms with Crippen molar-refractivity contribution in [2.75, 3.05) is 19.1 Å². The highest BCUT2D eigenvalue weighted by Gasteiger charge is 2.41. The number of nitrogens with zero attached hydrogens (tertiary/aromatic N) is 1. The van der Waals surface area contributed by atoms with Gasteiger partial charge in [0.25, 0.3) is 11.8 Å². The number of thioether (sulfide) groups is 1. The number of carbonyl (C=O) groups excluding carboxylic acids is 2. The zero-order valence-corrected chi connectivity index (χ0v) is 18.9. The SMILES string of the molecule is COc1ccc(N2C(=O)C(SCc3ccccc3)=C(c3ccc(C)cc3)C2=O)c(OC)c1. The maximum atomic E-state index is 13.6. The third-order valence-corrected chi connectivity index (χ3v) is 6.38. The molecule has 0 aliphatic carbocycles. The molecule has 0 N–H and O–H groups in total. The lowest BCUT2D eigenvalue weighted by molar-refractivity contribution is -0.119. The van der Waals surface area contributed by atoms with Crippen LogP contribution in [0, 0.1) is 6.92 Å². The number of hydrogen-bond donors (Lipinski definition) is 0. The normalized spacial score (nSPS) is 13.7. The molecule has 0 spiro atoms. The smallest absolute Gasteiger partial charge is 0.272 e. The van der Waals surface area contributed by atoms with Crippen LogP contribution in [-0.2, 0) is 15.3 Å². The first kappa shape index (κ1) is 21.7. The Morgan fingerprint density at radius 2 is 1.56 bits per heavy atom. The lowest BCUT2D eigenvalue weighted by atomic mass is 10.0. The third kappa shape index (κ3) is 4.14. The number of benzene rings is 3. The van der Waals surface area contributed by atoms with Crippen LogP contribution in [0.2, 0.25) is 0 Å². The molecule has 5 nitrogen and oxygen atoms in total. The number of ether oxygens (including phenoxy) is 2. The number of aryl methyl sites for hydroxylation is 1. The van der Waals surface area contributed by atoms with E-state index in [-0.39, 0.29) is 11.8 Å². The zero-order valence-electron chi connectivity index (χ0n) is 18.1. The van der Waals surface area contributed by atoms with Crippen LogP contribution < -0.4 is 14.4 Å². The van der Waals surface area contributed by atoms with Crippen LogP contribution >= 0.6 is 11.8 Å². The van der Waals surface area contributed by atoms with E-state index in [0.717, 1.165) is 16.7 Å². The van der Waals surface area contributed by atoms with Gasteiger partial charge in [0.2, 0.25) is 0 Å². The fraction of sp³-hybridized carbons (Fsp3) is 0.154. The fourth-order valence-corrected chi connectivity index (χ4v) is 4.60. The van der Waals surface area contributed by atoms with Crippen molar-refractivity contribution in [3.05, 3.63) is 94.4 Å². The van der Waals surface area contributed by atoms with Gasteiger partial charge in [-0.25, -0.2) is 4.90 Å². The average molecular weight is 446 g/mol.